The van der Waals surface area contributed by atoms with Crippen molar-refractivity contribution in [3.63, 3.8) is 0 Å². The normalized spacial score (nSPS) is 29.8. The summed E-state index contributed by atoms with van der Waals surface area (Å²) in [4.78, 5) is 49.2. The summed E-state index contributed by atoms with van der Waals surface area (Å²) >= 11 is 1.70. The van der Waals surface area contributed by atoms with Crippen LogP contribution >= 0.6 is 11.8 Å². The van der Waals surface area contributed by atoms with Crippen LogP contribution in [0.2, 0.25) is 0 Å². The van der Waals surface area contributed by atoms with E-state index >= 15 is 0 Å². The van der Waals surface area contributed by atoms with E-state index in [4.69, 9.17) is 4.74 Å². The fraction of sp³-hybridized carbons (Fsp3) is 0.618. The number of anilines is 1. The van der Waals surface area contributed by atoms with Gasteiger partial charge in [-0.15, -0.1) is 24.9 Å². The maximum atomic E-state index is 14.7. The monoisotopic (exact) mass is 609 g/mol. The van der Waals surface area contributed by atoms with Gasteiger partial charge in [0.2, 0.25) is 17.7 Å². The van der Waals surface area contributed by atoms with Crippen LogP contribution in [-0.4, -0.2) is 87.1 Å². The summed E-state index contributed by atoms with van der Waals surface area (Å²) in [7, 11) is 0. The first-order valence-electron chi connectivity index (χ1n) is 15.9. The van der Waals surface area contributed by atoms with Gasteiger partial charge in [0.15, 0.2) is 0 Å². The lowest BCUT2D eigenvalue weighted by Gasteiger charge is -2.41. The number of aliphatic hydroxyl groups excluding tert-OH is 1. The van der Waals surface area contributed by atoms with E-state index in [1.165, 1.54) is 6.42 Å². The largest absolute Gasteiger partial charge is 0.494 e. The second-order valence-corrected chi connectivity index (χ2v) is 14.5. The van der Waals surface area contributed by atoms with Gasteiger partial charge in [-0.3, -0.25) is 14.4 Å². The molecule has 3 saturated heterocycles. The maximum Gasteiger partial charge on any atom is 0.247 e. The van der Waals surface area contributed by atoms with E-state index in [1.807, 2.05) is 36.1 Å². The molecule has 43 heavy (non-hydrogen) atoms. The summed E-state index contributed by atoms with van der Waals surface area (Å²) in [6, 6.07) is 6.92. The molecular weight excluding hydrogens is 562 g/mol. The highest BCUT2D eigenvalue weighted by atomic mass is 32.2. The average Bonchev–Trinajstić information content (AvgIpc) is 3.58. The Morgan fingerprint density at radius 1 is 1.09 bits per heavy atom. The van der Waals surface area contributed by atoms with Gasteiger partial charge < -0.3 is 24.5 Å². The zero-order valence-corrected chi connectivity index (χ0v) is 26.5. The molecule has 5 rings (SSSR count). The minimum atomic E-state index is -0.689. The summed E-state index contributed by atoms with van der Waals surface area (Å²) < 4.78 is 4.45. The number of hydrogen-bond donors (Lipinski definition) is 1. The SMILES string of the molecule is C=CCN(C(=O)[C@@H]1[C@H]2C(=O)N(CCCO)C(C(=O)N(CC=C)C3CCCCC3)C23CC[C@@]1(C)S3)c1ccc(OCC)cc1. The summed E-state index contributed by atoms with van der Waals surface area (Å²) in [6.45, 7) is 13.4. The molecule has 234 valence electrons. The molecule has 1 saturated carbocycles. The summed E-state index contributed by atoms with van der Waals surface area (Å²) in [6.07, 6.45) is 10.6. The van der Waals surface area contributed by atoms with Crippen molar-refractivity contribution >= 4 is 35.2 Å². The standard InChI is InChI=1S/C34H47N3O5S/c1-5-20-35(25-14-16-26(17-15-25)42-7-3)30(39)27-28-31(40)37(22-11-23-38)29(34(28)19-18-33(27,4)43-34)32(41)36(21-6-2)24-12-9-8-10-13-24/h5-6,14-17,24,27-29,38H,1-2,7-13,18-23H2,3-4H3/t27-,28-,29?,33+,34?/m0/s1. The molecule has 3 aliphatic heterocycles. The third kappa shape index (κ3) is 5.52. The van der Waals surface area contributed by atoms with E-state index in [2.05, 4.69) is 20.1 Å². The average molecular weight is 610 g/mol. The van der Waals surface area contributed by atoms with E-state index in [9.17, 15) is 19.5 Å². The van der Waals surface area contributed by atoms with Crippen molar-refractivity contribution in [2.75, 3.05) is 37.7 Å². The van der Waals surface area contributed by atoms with E-state index in [-0.39, 0.29) is 30.4 Å². The molecule has 2 bridgehead atoms. The molecule has 4 fully saturated rings. The molecule has 1 spiro atoms. The van der Waals surface area contributed by atoms with Gasteiger partial charge >= 0.3 is 0 Å². The molecule has 1 N–H and O–H groups in total. The number of ether oxygens (including phenoxy) is 1. The fourth-order valence-corrected chi connectivity index (χ4v) is 10.5. The number of aliphatic hydroxyl groups is 1. The van der Waals surface area contributed by atoms with Crippen molar-refractivity contribution in [3.8, 4) is 5.75 Å². The van der Waals surface area contributed by atoms with Crippen molar-refractivity contribution in [3.05, 3.63) is 49.6 Å². The summed E-state index contributed by atoms with van der Waals surface area (Å²) in [5, 5.41) is 9.73. The van der Waals surface area contributed by atoms with Crippen molar-refractivity contribution in [1.29, 1.82) is 0 Å². The third-order valence-electron chi connectivity index (χ3n) is 10.00. The third-order valence-corrected chi connectivity index (χ3v) is 12.0. The summed E-state index contributed by atoms with van der Waals surface area (Å²) in [5.41, 5.74) is 0.725. The Morgan fingerprint density at radius 3 is 2.42 bits per heavy atom. The zero-order valence-electron chi connectivity index (χ0n) is 25.7. The van der Waals surface area contributed by atoms with Crippen LogP contribution in [0.15, 0.2) is 49.6 Å². The smallest absolute Gasteiger partial charge is 0.247 e. The number of hydrogen-bond acceptors (Lipinski definition) is 6. The second-order valence-electron chi connectivity index (χ2n) is 12.6. The van der Waals surface area contributed by atoms with Crippen LogP contribution in [0, 0.1) is 11.8 Å². The number of thioether (sulfide) groups is 1. The van der Waals surface area contributed by atoms with Gasteiger partial charge in [-0.05, 0) is 70.2 Å². The molecule has 3 amide bonds. The number of likely N-dealkylation sites (tertiary alicyclic amines) is 1. The molecule has 3 heterocycles. The topological polar surface area (TPSA) is 90.4 Å². The Kier molecular flexibility index (Phi) is 9.61. The first-order chi connectivity index (χ1) is 20.8. The maximum absolute atomic E-state index is 14.7. The molecule has 8 nitrogen and oxygen atoms in total. The molecule has 4 aliphatic rings. The highest BCUT2D eigenvalue weighted by Crippen LogP contribution is 2.71. The Hall–Kier alpha value is -2.78. The quantitative estimate of drug-likeness (QED) is 0.323. The number of fused-ring (bicyclic) bond motifs is 1. The highest BCUT2D eigenvalue weighted by molar-refractivity contribution is 8.02. The minimum absolute atomic E-state index is 0.0279. The van der Waals surface area contributed by atoms with Crippen LogP contribution in [0.1, 0.15) is 65.2 Å². The van der Waals surface area contributed by atoms with Gasteiger partial charge in [0.25, 0.3) is 0 Å². The predicted molar refractivity (Wildman–Crippen MR) is 171 cm³/mol. The van der Waals surface area contributed by atoms with Crippen LogP contribution in [-0.2, 0) is 14.4 Å². The Labute approximate surface area is 260 Å². The Morgan fingerprint density at radius 2 is 1.79 bits per heavy atom. The zero-order chi connectivity index (χ0) is 30.8. The van der Waals surface area contributed by atoms with Gasteiger partial charge in [0.1, 0.15) is 11.8 Å². The van der Waals surface area contributed by atoms with Crippen molar-refractivity contribution in [1.82, 2.24) is 9.80 Å². The first kappa shape index (κ1) is 31.6. The van der Waals surface area contributed by atoms with Gasteiger partial charge in [-0.1, -0.05) is 31.4 Å². The fourth-order valence-electron chi connectivity index (χ4n) is 8.18. The van der Waals surface area contributed by atoms with E-state index in [0.717, 1.165) is 43.5 Å². The van der Waals surface area contributed by atoms with Crippen LogP contribution in [0.25, 0.3) is 0 Å². The van der Waals surface area contributed by atoms with E-state index in [0.29, 0.717) is 39.1 Å². The van der Waals surface area contributed by atoms with E-state index in [1.54, 1.807) is 33.7 Å². The lowest BCUT2D eigenvalue weighted by Crippen LogP contribution is -2.57. The van der Waals surface area contributed by atoms with Crippen LogP contribution in [0.5, 0.6) is 5.75 Å². The number of nitrogens with zero attached hydrogens (tertiary/aromatic N) is 3. The molecule has 1 aromatic carbocycles. The number of carbonyl (C=O) groups excluding carboxylic acids is 3. The molecule has 1 aromatic rings. The molecule has 5 atom stereocenters. The number of benzene rings is 1. The van der Waals surface area contributed by atoms with E-state index < -0.39 is 27.4 Å². The Balaban J connectivity index is 1.52. The highest BCUT2D eigenvalue weighted by Gasteiger charge is 2.77. The summed E-state index contributed by atoms with van der Waals surface area (Å²) in [5.74, 6) is -0.726. The van der Waals surface area contributed by atoms with Gasteiger partial charge in [0, 0.05) is 42.7 Å². The molecule has 0 radical (unpaired) electrons. The number of carbonyl (C=O) groups is 3. The van der Waals surface area contributed by atoms with Crippen molar-refractivity contribution in [2.45, 2.75) is 86.8 Å². The lowest BCUT2D eigenvalue weighted by atomic mass is 9.66. The minimum Gasteiger partial charge on any atom is -0.494 e. The second kappa shape index (κ2) is 13.1. The molecule has 0 aromatic heterocycles. The van der Waals surface area contributed by atoms with Crippen molar-refractivity contribution < 1.29 is 24.2 Å². The van der Waals surface area contributed by atoms with Crippen molar-refractivity contribution in [2.24, 2.45) is 11.8 Å². The molecular formula is C34H47N3O5S. The van der Waals surface area contributed by atoms with Crippen LogP contribution < -0.4 is 9.64 Å². The number of rotatable bonds is 13. The Bertz CT molecular complexity index is 1220. The molecule has 2 unspecified atom stereocenters. The van der Waals surface area contributed by atoms with Crippen LogP contribution in [0.4, 0.5) is 5.69 Å². The predicted octanol–water partition coefficient (Wildman–Crippen LogP) is 4.82. The number of amides is 3. The van der Waals surface area contributed by atoms with Gasteiger partial charge in [0.05, 0.1) is 23.2 Å². The van der Waals surface area contributed by atoms with Gasteiger partial charge in [-0.2, -0.15) is 0 Å². The van der Waals surface area contributed by atoms with Crippen LogP contribution in [0.3, 0.4) is 0 Å². The molecule has 1 aliphatic carbocycles. The van der Waals surface area contributed by atoms with Gasteiger partial charge in [-0.25, -0.2) is 0 Å². The molecule has 9 heteroatoms. The first-order valence-corrected chi connectivity index (χ1v) is 16.8. The lowest BCUT2D eigenvalue weighted by molar-refractivity contribution is -0.144.